The van der Waals surface area contributed by atoms with Gasteiger partial charge in [-0.05, 0) is 37.5 Å². The van der Waals surface area contributed by atoms with Crippen molar-refractivity contribution in [1.29, 1.82) is 0 Å². The number of piperidine rings is 1. The molecule has 0 unspecified atom stereocenters. The second kappa shape index (κ2) is 6.05. The summed E-state index contributed by atoms with van der Waals surface area (Å²) in [6.45, 7) is 2.08. The molecule has 0 aliphatic carbocycles. The van der Waals surface area contributed by atoms with Gasteiger partial charge in [-0.3, -0.25) is 0 Å². The van der Waals surface area contributed by atoms with Crippen molar-refractivity contribution in [3.63, 3.8) is 0 Å². The van der Waals surface area contributed by atoms with Gasteiger partial charge in [-0.2, -0.15) is 0 Å². The predicted molar refractivity (Wildman–Crippen MR) is 76.7 cm³/mol. The third-order valence-corrected chi connectivity index (χ3v) is 3.76. The highest BCUT2D eigenvalue weighted by atomic mass is 32.1. The number of nitrogens with zero attached hydrogens (tertiary/aromatic N) is 1. The lowest BCUT2D eigenvalue weighted by Crippen LogP contribution is -2.35. The fraction of sp³-hybridized carbons (Fsp3) is 0.500. The molecule has 1 saturated heterocycles. The van der Waals surface area contributed by atoms with Gasteiger partial charge in [-0.1, -0.05) is 12.2 Å². The first kappa shape index (κ1) is 13.1. The molecular formula is C14H19NO2S. The molecular weight excluding hydrogens is 246 g/mol. The second-order valence-electron chi connectivity index (χ2n) is 4.42. The minimum atomic E-state index is 0.810. The van der Waals surface area contributed by atoms with E-state index in [4.69, 9.17) is 21.7 Å². The van der Waals surface area contributed by atoms with Crippen molar-refractivity contribution < 1.29 is 9.47 Å². The second-order valence-corrected chi connectivity index (χ2v) is 4.81. The molecule has 0 radical (unpaired) electrons. The van der Waals surface area contributed by atoms with E-state index in [-0.39, 0.29) is 0 Å². The molecule has 1 fully saturated rings. The van der Waals surface area contributed by atoms with Crippen molar-refractivity contribution in [2.75, 3.05) is 27.3 Å². The first-order valence-electron chi connectivity index (χ1n) is 6.27. The van der Waals surface area contributed by atoms with Crippen LogP contribution in [0.25, 0.3) is 0 Å². The average molecular weight is 265 g/mol. The van der Waals surface area contributed by atoms with Crippen LogP contribution in [-0.2, 0) is 0 Å². The van der Waals surface area contributed by atoms with E-state index in [0.717, 1.165) is 35.1 Å². The zero-order valence-corrected chi connectivity index (χ0v) is 11.8. The van der Waals surface area contributed by atoms with E-state index < -0.39 is 0 Å². The molecule has 1 aromatic rings. The molecule has 98 valence electrons. The van der Waals surface area contributed by atoms with Gasteiger partial charge in [0.15, 0.2) is 0 Å². The molecule has 0 spiro atoms. The third kappa shape index (κ3) is 2.75. The van der Waals surface area contributed by atoms with E-state index in [9.17, 15) is 0 Å². The number of methoxy groups -OCH3 is 2. The van der Waals surface area contributed by atoms with E-state index >= 15 is 0 Å². The molecule has 1 aliphatic rings. The minimum absolute atomic E-state index is 0.810. The minimum Gasteiger partial charge on any atom is -0.497 e. The van der Waals surface area contributed by atoms with Crippen LogP contribution >= 0.6 is 12.2 Å². The van der Waals surface area contributed by atoms with Crippen LogP contribution in [-0.4, -0.2) is 37.2 Å². The Balaban J connectivity index is 2.26. The smallest absolute Gasteiger partial charge is 0.129 e. The molecule has 3 nitrogen and oxygen atoms in total. The van der Waals surface area contributed by atoms with Gasteiger partial charge in [0.2, 0.25) is 0 Å². The summed E-state index contributed by atoms with van der Waals surface area (Å²) in [6.07, 6.45) is 3.73. The Hall–Kier alpha value is -1.29. The van der Waals surface area contributed by atoms with Crippen LogP contribution in [0.5, 0.6) is 11.5 Å². The van der Waals surface area contributed by atoms with Crippen molar-refractivity contribution in [2.24, 2.45) is 0 Å². The Morgan fingerprint density at radius 1 is 1.11 bits per heavy atom. The summed E-state index contributed by atoms with van der Waals surface area (Å²) < 4.78 is 10.6. The Bertz CT molecular complexity index is 428. The summed E-state index contributed by atoms with van der Waals surface area (Å²) in [5, 5.41) is 0. The van der Waals surface area contributed by atoms with Gasteiger partial charge < -0.3 is 14.4 Å². The Morgan fingerprint density at radius 2 is 1.83 bits per heavy atom. The highest BCUT2D eigenvalue weighted by molar-refractivity contribution is 7.80. The van der Waals surface area contributed by atoms with Crippen LogP contribution in [0.3, 0.4) is 0 Å². The predicted octanol–water partition coefficient (Wildman–Crippen LogP) is 2.87. The first-order chi connectivity index (χ1) is 8.76. The molecule has 1 aliphatic heterocycles. The van der Waals surface area contributed by atoms with E-state index in [0.29, 0.717) is 0 Å². The zero-order valence-electron chi connectivity index (χ0n) is 10.9. The Morgan fingerprint density at radius 3 is 2.44 bits per heavy atom. The van der Waals surface area contributed by atoms with Gasteiger partial charge in [0.05, 0.1) is 19.8 Å². The van der Waals surface area contributed by atoms with Crippen molar-refractivity contribution in [3.8, 4) is 11.5 Å². The first-order valence-corrected chi connectivity index (χ1v) is 6.68. The van der Waals surface area contributed by atoms with Gasteiger partial charge >= 0.3 is 0 Å². The molecule has 1 heterocycles. The molecule has 0 amide bonds. The van der Waals surface area contributed by atoms with Gasteiger partial charge in [0, 0.05) is 13.1 Å². The summed E-state index contributed by atoms with van der Waals surface area (Å²) in [7, 11) is 3.33. The van der Waals surface area contributed by atoms with E-state index in [1.165, 1.54) is 19.3 Å². The number of rotatable bonds is 3. The topological polar surface area (TPSA) is 21.7 Å². The lowest BCUT2D eigenvalue weighted by atomic mass is 10.1. The van der Waals surface area contributed by atoms with E-state index in [2.05, 4.69) is 4.90 Å². The molecule has 0 N–H and O–H groups in total. The summed E-state index contributed by atoms with van der Waals surface area (Å²) >= 11 is 5.59. The standard InChI is InChI=1S/C14H19NO2S/c1-16-11-6-7-13(17-2)12(10-11)14(18)15-8-4-3-5-9-15/h6-7,10H,3-5,8-9H2,1-2H3. The van der Waals surface area contributed by atoms with Crippen molar-refractivity contribution >= 4 is 17.2 Å². The normalized spacial score (nSPS) is 15.3. The molecule has 18 heavy (non-hydrogen) atoms. The van der Waals surface area contributed by atoms with Gasteiger partial charge in [0.1, 0.15) is 16.5 Å². The van der Waals surface area contributed by atoms with Crippen molar-refractivity contribution in [3.05, 3.63) is 23.8 Å². The summed E-state index contributed by atoms with van der Waals surface area (Å²) in [5.74, 6) is 1.62. The fourth-order valence-electron chi connectivity index (χ4n) is 2.25. The van der Waals surface area contributed by atoms with Crippen LogP contribution in [0.4, 0.5) is 0 Å². The van der Waals surface area contributed by atoms with Gasteiger partial charge in [0.25, 0.3) is 0 Å². The molecule has 4 heteroatoms. The molecule has 1 aromatic carbocycles. The van der Waals surface area contributed by atoms with Crippen LogP contribution in [0.1, 0.15) is 24.8 Å². The fourth-order valence-corrected chi connectivity index (χ4v) is 2.59. The maximum Gasteiger partial charge on any atom is 0.129 e. The number of hydrogen-bond donors (Lipinski definition) is 0. The largest absolute Gasteiger partial charge is 0.497 e. The van der Waals surface area contributed by atoms with Crippen molar-refractivity contribution in [1.82, 2.24) is 4.90 Å². The zero-order chi connectivity index (χ0) is 13.0. The van der Waals surface area contributed by atoms with Gasteiger partial charge in [-0.25, -0.2) is 0 Å². The third-order valence-electron chi connectivity index (χ3n) is 3.28. The average Bonchev–Trinajstić information content (AvgIpc) is 2.46. The maximum absolute atomic E-state index is 5.59. The number of likely N-dealkylation sites (tertiary alicyclic amines) is 1. The number of hydrogen-bond acceptors (Lipinski definition) is 3. The number of benzene rings is 1. The molecule has 0 saturated carbocycles. The Labute approximate surface area is 114 Å². The monoisotopic (exact) mass is 265 g/mol. The lowest BCUT2D eigenvalue weighted by Gasteiger charge is -2.29. The van der Waals surface area contributed by atoms with Crippen LogP contribution in [0.15, 0.2) is 18.2 Å². The number of thiocarbonyl (C=S) groups is 1. The molecule has 0 atom stereocenters. The highest BCUT2D eigenvalue weighted by Gasteiger charge is 2.18. The van der Waals surface area contributed by atoms with E-state index in [1.807, 2.05) is 18.2 Å². The lowest BCUT2D eigenvalue weighted by molar-refractivity contribution is 0.345. The van der Waals surface area contributed by atoms with Crippen LogP contribution < -0.4 is 9.47 Å². The maximum atomic E-state index is 5.59. The molecule has 2 rings (SSSR count). The van der Waals surface area contributed by atoms with Crippen molar-refractivity contribution in [2.45, 2.75) is 19.3 Å². The van der Waals surface area contributed by atoms with Crippen LogP contribution in [0.2, 0.25) is 0 Å². The van der Waals surface area contributed by atoms with Gasteiger partial charge in [-0.15, -0.1) is 0 Å². The van der Waals surface area contributed by atoms with E-state index in [1.54, 1.807) is 14.2 Å². The summed E-state index contributed by atoms with van der Waals surface area (Å²) in [5.41, 5.74) is 0.953. The number of ether oxygens (including phenoxy) is 2. The van der Waals surface area contributed by atoms with Crippen LogP contribution in [0, 0.1) is 0 Å². The SMILES string of the molecule is COc1ccc(OC)c(C(=S)N2CCCCC2)c1. The molecule has 0 aromatic heterocycles. The summed E-state index contributed by atoms with van der Waals surface area (Å²) in [6, 6.07) is 5.75. The Kier molecular flexibility index (Phi) is 4.42. The molecule has 0 bridgehead atoms. The highest BCUT2D eigenvalue weighted by Crippen LogP contribution is 2.26. The quantitative estimate of drug-likeness (QED) is 0.783. The summed E-state index contributed by atoms with van der Waals surface area (Å²) in [4.78, 5) is 3.13.